The van der Waals surface area contributed by atoms with Crippen molar-refractivity contribution in [3.63, 3.8) is 0 Å². The number of nitrogens with zero attached hydrogens (tertiary/aromatic N) is 5. The highest BCUT2D eigenvalue weighted by molar-refractivity contribution is 7.98. The van der Waals surface area contributed by atoms with Gasteiger partial charge in [-0.15, -0.1) is 21.5 Å². The Morgan fingerprint density at radius 1 is 1.43 bits per heavy atom. The lowest BCUT2D eigenvalue weighted by atomic mass is 10.4. The average Bonchev–Trinajstić information content (AvgIpc) is 3.00. The van der Waals surface area contributed by atoms with Gasteiger partial charge in [0.05, 0.1) is 12.2 Å². The van der Waals surface area contributed by atoms with E-state index < -0.39 is 0 Å². The zero-order valence-corrected chi connectivity index (χ0v) is 13.2. The predicted octanol–water partition coefficient (Wildman–Crippen LogP) is 0.944. The van der Waals surface area contributed by atoms with Crippen LogP contribution in [-0.2, 0) is 19.3 Å². The quantitative estimate of drug-likeness (QED) is 0.719. The summed E-state index contributed by atoms with van der Waals surface area (Å²) in [6, 6.07) is 1.57. The number of hydrogen-bond acceptors (Lipinski definition) is 7. The summed E-state index contributed by atoms with van der Waals surface area (Å²) in [6.07, 6.45) is 0. The van der Waals surface area contributed by atoms with Gasteiger partial charge in [-0.05, 0) is 6.92 Å². The molecule has 0 saturated carbocycles. The monoisotopic (exact) mass is 322 g/mol. The Kier molecular flexibility index (Phi) is 3.79. The summed E-state index contributed by atoms with van der Waals surface area (Å²) >= 11 is 2.96. The lowest BCUT2D eigenvalue weighted by molar-refractivity contribution is 0.734. The van der Waals surface area contributed by atoms with Gasteiger partial charge in [0.25, 0.3) is 5.56 Å². The van der Waals surface area contributed by atoms with Crippen molar-refractivity contribution in [3.05, 3.63) is 39.0 Å². The summed E-state index contributed by atoms with van der Waals surface area (Å²) < 4.78 is 3.47. The van der Waals surface area contributed by atoms with Crippen LogP contribution < -0.4 is 11.3 Å². The van der Waals surface area contributed by atoms with Crippen LogP contribution in [0.2, 0.25) is 0 Å². The molecule has 0 aliphatic carbocycles. The maximum absolute atomic E-state index is 12.1. The fraction of sp³-hybridized carbons (Fsp3) is 0.333. The van der Waals surface area contributed by atoms with Crippen LogP contribution in [0.1, 0.15) is 17.2 Å². The Bertz CT molecular complexity index is 849. The van der Waals surface area contributed by atoms with Gasteiger partial charge in [-0.2, -0.15) is 0 Å². The van der Waals surface area contributed by atoms with Gasteiger partial charge in [-0.1, -0.05) is 11.8 Å². The van der Waals surface area contributed by atoms with E-state index in [-0.39, 0.29) is 5.56 Å². The number of nitrogens with two attached hydrogens (primary N) is 1. The minimum Gasteiger partial charge on any atom is -0.324 e. The van der Waals surface area contributed by atoms with Crippen molar-refractivity contribution in [3.8, 4) is 0 Å². The molecule has 3 heterocycles. The molecule has 21 heavy (non-hydrogen) atoms. The molecular weight excluding hydrogens is 308 g/mol. The molecule has 110 valence electrons. The highest BCUT2D eigenvalue weighted by Gasteiger charge is 2.10. The van der Waals surface area contributed by atoms with Crippen molar-refractivity contribution < 1.29 is 0 Å². The Hall–Kier alpha value is -1.71. The van der Waals surface area contributed by atoms with Crippen molar-refractivity contribution in [2.75, 3.05) is 0 Å². The summed E-state index contributed by atoms with van der Waals surface area (Å²) in [4.78, 5) is 17.3. The van der Waals surface area contributed by atoms with Crippen molar-refractivity contribution >= 4 is 28.1 Å². The molecule has 0 bridgehead atoms. The number of fused-ring (bicyclic) bond motifs is 1. The van der Waals surface area contributed by atoms with Crippen LogP contribution in [0.25, 0.3) is 4.96 Å². The van der Waals surface area contributed by atoms with Gasteiger partial charge in [-0.25, -0.2) is 4.98 Å². The second-order valence-electron chi connectivity index (χ2n) is 4.53. The lowest BCUT2D eigenvalue weighted by Crippen LogP contribution is -2.14. The van der Waals surface area contributed by atoms with Crippen LogP contribution in [0, 0.1) is 6.92 Å². The molecule has 0 amide bonds. The number of thiazole rings is 1. The second-order valence-corrected chi connectivity index (χ2v) is 6.31. The Balaban J connectivity index is 1.85. The van der Waals surface area contributed by atoms with Gasteiger partial charge in [-0.3, -0.25) is 9.20 Å². The van der Waals surface area contributed by atoms with Crippen LogP contribution in [0.3, 0.4) is 0 Å². The fourth-order valence-corrected chi connectivity index (χ4v) is 3.67. The Labute approximate surface area is 128 Å². The minimum absolute atomic E-state index is 0.0463. The van der Waals surface area contributed by atoms with E-state index in [0.717, 1.165) is 27.3 Å². The molecule has 0 radical (unpaired) electrons. The zero-order chi connectivity index (χ0) is 15.0. The summed E-state index contributed by atoms with van der Waals surface area (Å²) in [5.41, 5.74) is 7.17. The van der Waals surface area contributed by atoms with E-state index in [2.05, 4.69) is 15.2 Å². The van der Waals surface area contributed by atoms with E-state index in [1.165, 1.54) is 23.1 Å². The first-order chi connectivity index (χ1) is 10.1. The third kappa shape index (κ3) is 2.59. The van der Waals surface area contributed by atoms with Crippen LogP contribution >= 0.6 is 23.1 Å². The molecule has 2 N–H and O–H groups in total. The number of rotatable bonds is 4. The molecule has 0 aromatic carbocycles. The molecule has 0 spiro atoms. The third-order valence-electron chi connectivity index (χ3n) is 3.09. The third-order valence-corrected chi connectivity index (χ3v) is 5.08. The van der Waals surface area contributed by atoms with Crippen LogP contribution in [0.5, 0.6) is 0 Å². The van der Waals surface area contributed by atoms with Gasteiger partial charge >= 0.3 is 0 Å². The smallest absolute Gasteiger partial charge is 0.258 e. The Morgan fingerprint density at radius 2 is 2.24 bits per heavy atom. The highest BCUT2D eigenvalue weighted by Crippen LogP contribution is 2.20. The van der Waals surface area contributed by atoms with Gasteiger partial charge in [0, 0.05) is 29.9 Å². The first-order valence-corrected chi connectivity index (χ1v) is 8.14. The molecule has 3 rings (SSSR count). The molecular formula is C12H14N6OS2. The molecule has 0 unspecified atom stereocenters. The fourth-order valence-electron chi connectivity index (χ4n) is 1.96. The van der Waals surface area contributed by atoms with E-state index >= 15 is 0 Å². The first kappa shape index (κ1) is 14.2. The average molecular weight is 322 g/mol. The maximum Gasteiger partial charge on any atom is 0.258 e. The van der Waals surface area contributed by atoms with Gasteiger partial charge in [0.15, 0.2) is 10.1 Å². The van der Waals surface area contributed by atoms with Crippen LogP contribution in [-0.4, -0.2) is 24.1 Å². The van der Waals surface area contributed by atoms with Gasteiger partial charge in [0.1, 0.15) is 5.82 Å². The summed E-state index contributed by atoms with van der Waals surface area (Å²) in [6.45, 7) is 2.25. The van der Waals surface area contributed by atoms with E-state index in [1.807, 2.05) is 23.9 Å². The van der Waals surface area contributed by atoms with Gasteiger partial charge < -0.3 is 10.3 Å². The maximum atomic E-state index is 12.1. The predicted molar refractivity (Wildman–Crippen MR) is 82.5 cm³/mol. The summed E-state index contributed by atoms with van der Waals surface area (Å²) in [7, 11) is 1.87. The molecule has 9 heteroatoms. The lowest BCUT2D eigenvalue weighted by Gasteiger charge is -2.03. The van der Waals surface area contributed by atoms with Crippen LogP contribution in [0.15, 0.2) is 21.4 Å². The van der Waals surface area contributed by atoms with Gasteiger partial charge in [0.2, 0.25) is 0 Å². The summed E-state index contributed by atoms with van der Waals surface area (Å²) in [5, 5.41) is 10.8. The first-order valence-electron chi connectivity index (χ1n) is 6.28. The van der Waals surface area contributed by atoms with Crippen molar-refractivity contribution in [1.82, 2.24) is 24.1 Å². The molecule has 0 fully saturated rings. The Morgan fingerprint density at radius 3 is 2.95 bits per heavy atom. The molecule has 7 nitrogen and oxygen atoms in total. The largest absolute Gasteiger partial charge is 0.324 e. The SMILES string of the molecule is Cc1csc2nc(CSc3nnc(CN)n3C)cc(=O)n12. The summed E-state index contributed by atoms with van der Waals surface area (Å²) in [5.74, 6) is 1.30. The molecule has 0 saturated heterocycles. The number of aryl methyl sites for hydroxylation is 1. The number of thioether (sulfide) groups is 1. The molecule has 3 aromatic heterocycles. The van der Waals surface area contributed by atoms with Crippen molar-refractivity contribution in [2.24, 2.45) is 12.8 Å². The topological polar surface area (TPSA) is 91.1 Å². The molecule has 3 aromatic rings. The molecule has 0 aliphatic heterocycles. The van der Waals surface area contributed by atoms with E-state index in [1.54, 1.807) is 10.5 Å². The minimum atomic E-state index is -0.0463. The highest BCUT2D eigenvalue weighted by atomic mass is 32.2. The van der Waals surface area contributed by atoms with Crippen molar-refractivity contribution in [1.29, 1.82) is 0 Å². The van der Waals surface area contributed by atoms with Crippen molar-refractivity contribution in [2.45, 2.75) is 24.4 Å². The second kappa shape index (κ2) is 5.58. The number of aromatic nitrogens is 5. The number of hydrogen-bond donors (Lipinski definition) is 1. The zero-order valence-electron chi connectivity index (χ0n) is 11.6. The van der Waals surface area contributed by atoms with E-state index in [0.29, 0.717) is 12.3 Å². The molecule has 0 atom stereocenters. The normalized spacial score (nSPS) is 11.4. The van der Waals surface area contributed by atoms with E-state index in [4.69, 9.17) is 5.73 Å². The van der Waals surface area contributed by atoms with Crippen LogP contribution in [0.4, 0.5) is 0 Å². The standard InChI is InChI=1S/C12H14N6OS2/c1-7-5-20-11-14-8(3-10(19)18(7)11)6-21-12-16-15-9(4-13)17(12)2/h3,5H,4,6,13H2,1-2H3. The van der Waals surface area contributed by atoms with E-state index in [9.17, 15) is 4.79 Å². The molecule has 0 aliphatic rings.